The van der Waals surface area contributed by atoms with Crippen molar-refractivity contribution in [3.05, 3.63) is 47.5 Å². The minimum absolute atomic E-state index is 0.0307. The van der Waals surface area contributed by atoms with Crippen LogP contribution in [0.3, 0.4) is 0 Å². The zero-order valence-electron chi connectivity index (χ0n) is 9.37. The van der Waals surface area contributed by atoms with E-state index in [1.54, 1.807) is 0 Å². The number of alkyl halides is 4. The predicted molar refractivity (Wildman–Crippen MR) is 56.4 cm³/mol. The molecule has 0 amide bonds. The molecule has 0 aliphatic heterocycles. The summed E-state index contributed by atoms with van der Waals surface area (Å²) in [4.78, 5) is 10.7. The highest BCUT2D eigenvalue weighted by molar-refractivity contribution is 5.81. The summed E-state index contributed by atoms with van der Waals surface area (Å²) < 4.78 is 54.5. The van der Waals surface area contributed by atoms with Gasteiger partial charge in [-0.1, -0.05) is 12.1 Å². The maximum atomic E-state index is 13.5. The summed E-state index contributed by atoms with van der Waals surface area (Å²) in [5.41, 5.74) is -0.821. The summed E-state index contributed by atoms with van der Waals surface area (Å²) in [7, 11) is 1.14. The molecule has 1 aromatic rings. The molecule has 1 aromatic carbocycles. The lowest BCUT2D eigenvalue weighted by atomic mass is 10.1. The number of hydrogen-bond acceptors (Lipinski definition) is 2. The van der Waals surface area contributed by atoms with E-state index in [0.717, 1.165) is 43.5 Å². The number of carbonyl (C=O) groups excluding carboxylic acids is 1. The molecule has 6 heteroatoms. The van der Waals surface area contributed by atoms with Crippen LogP contribution in [0.4, 0.5) is 17.6 Å². The third-order valence-corrected chi connectivity index (χ3v) is 2.16. The molecule has 0 saturated carbocycles. The normalized spacial score (nSPS) is 13.6. The lowest BCUT2D eigenvalue weighted by Gasteiger charge is -2.08. The topological polar surface area (TPSA) is 26.3 Å². The smallest absolute Gasteiger partial charge is 0.416 e. The van der Waals surface area contributed by atoms with Crippen LogP contribution in [-0.2, 0) is 15.7 Å². The Bertz CT molecular complexity index is 434. The van der Waals surface area contributed by atoms with Crippen molar-refractivity contribution in [3.8, 4) is 0 Å². The van der Waals surface area contributed by atoms with Crippen LogP contribution in [0.5, 0.6) is 0 Å². The highest BCUT2D eigenvalue weighted by atomic mass is 19.4. The van der Waals surface area contributed by atoms with Crippen molar-refractivity contribution < 1.29 is 27.1 Å². The Morgan fingerprint density at radius 1 is 1.28 bits per heavy atom. The Kier molecular flexibility index (Phi) is 4.47. The maximum absolute atomic E-state index is 13.5. The van der Waals surface area contributed by atoms with Gasteiger partial charge in [-0.3, -0.25) is 0 Å². The third-order valence-electron chi connectivity index (χ3n) is 2.16. The molecule has 1 atom stereocenters. The fourth-order valence-corrected chi connectivity index (χ4v) is 1.20. The van der Waals surface area contributed by atoms with E-state index < -0.39 is 23.9 Å². The zero-order valence-corrected chi connectivity index (χ0v) is 9.37. The van der Waals surface area contributed by atoms with Gasteiger partial charge in [0.15, 0.2) is 0 Å². The van der Waals surface area contributed by atoms with Crippen molar-refractivity contribution in [1.29, 1.82) is 0 Å². The minimum Gasteiger partial charge on any atom is -0.466 e. The number of esters is 1. The summed E-state index contributed by atoms with van der Waals surface area (Å²) in [6.07, 6.45) is -4.32. The van der Waals surface area contributed by atoms with E-state index >= 15 is 0 Å². The SMILES string of the molecule is COC(=O)/C=C/C(F)c1ccc(C(F)(F)F)cc1. The largest absolute Gasteiger partial charge is 0.466 e. The van der Waals surface area contributed by atoms with Crippen LogP contribution in [0.15, 0.2) is 36.4 Å². The molecule has 0 N–H and O–H groups in total. The molecule has 0 bridgehead atoms. The predicted octanol–water partition coefficient (Wildman–Crippen LogP) is 3.45. The van der Waals surface area contributed by atoms with E-state index in [9.17, 15) is 22.4 Å². The first-order valence-electron chi connectivity index (χ1n) is 4.92. The van der Waals surface area contributed by atoms with Crippen LogP contribution < -0.4 is 0 Å². The number of ether oxygens (including phenoxy) is 1. The maximum Gasteiger partial charge on any atom is 0.416 e. The molecular weight excluding hydrogens is 252 g/mol. The van der Waals surface area contributed by atoms with Crippen molar-refractivity contribution in [2.24, 2.45) is 0 Å². The van der Waals surface area contributed by atoms with Gasteiger partial charge in [-0.15, -0.1) is 0 Å². The van der Waals surface area contributed by atoms with E-state index in [1.807, 2.05) is 0 Å². The van der Waals surface area contributed by atoms with Crippen LogP contribution in [0.2, 0.25) is 0 Å². The van der Waals surface area contributed by atoms with E-state index in [4.69, 9.17) is 0 Å². The molecule has 18 heavy (non-hydrogen) atoms. The Morgan fingerprint density at radius 3 is 2.28 bits per heavy atom. The number of methoxy groups -OCH3 is 1. The standard InChI is InChI=1S/C12H10F4O2/c1-18-11(17)7-6-10(13)8-2-4-9(5-3-8)12(14,15)16/h2-7,10H,1H3/b7-6+. The number of benzene rings is 1. The molecule has 0 aliphatic carbocycles. The lowest BCUT2D eigenvalue weighted by Crippen LogP contribution is -2.04. The van der Waals surface area contributed by atoms with Gasteiger partial charge in [-0.25, -0.2) is 9.18 Å². The summed E-state index contributed by atoms with van der Waals surface area (Å²) in [6, 6.07) is 3.62. The average Bonchev–Trinajstić information content (AvgIpc) is 2.34. The summed E-state index contributed by atoms with van der Waals surface area (Å²) in [5.74, 6) is -0.732. The van der Waals surface area contributed by atoms with Gasteiger partial charge < -0.3 is 4.74 Å². The van der Waals surface area contributed by atoms with Gasteiger partial charge in [0.25, 0.3) is 0 Å². The molecule has 0 spiro atoms. The Labute approximate surface area is 101 Å². The lowest BCUT2D eigenvalue weighted by molar-refractivity contribution is -0.137. The van der Waals surface area contributed by atoms with Crippen LogP contribution in [0.25, 0.3) is 0 Å². The number of rotatable bonds is 3. The highest BCUT2D eigenvalue weighted by Gasteiger charge is 2.30. The van der Waals surface area contributed by atoms with Crippen molar-refractivity contribution in [2.75, 3.05) is 7.11 Å². The molecule has 98 valence electrons. The van der Waals surface area contributed by atoms with Gasteiger partial charge in [0.05, 0.1) is 12.7 Å². The van der Waals surface area contributed by atoms with E-state index in [2.05, 4.69) is 4.74 Å². The van der Waals surface area contributed by atoms with Gasteiger partial charge in [0, 0.05) is 6.08 Å². The van der Waals surface area contributed by atoms with Crippen LogP contribution >= 0.6 is 0 Å². The van der Waals surface area contributed by atoms with Crippen LogP contribution in [0.1, 0.15) is 17.3 Å². The van der Waals surface area contributed by atoms with E-state index in [-0.39, 0.29) is 5.56 Å². The third kappa shape index (κ3) is 3.87. The van der Waals surface area contributed by atoms with E-state index in [0.29, 0.717) is 0 Å². The second-order valence-corrected chi connectivity index (χ2v) is 3.40. The van der Waals surface area contributed by atoms with Gasteiger partial charge in [-0.05, 0) is 23.8 Å². The zero-order chi connectivity index (χ0) is 13.8. The van der Waals surface area contributed by atoms with Gasteiger partial charge in [0.2, 0.25) is 0 Å². The molecule has 0 aromatic heterocycles. The first-order valence-corrected chi connectivity index (χ1v) is 4.92. The molecule has 0 aliphatic rings. The van der Waals surface area contributed by atoms with E-state index in [1.165, 1.54) is 0 Å². The molecule has 0 fully saturated rings. The van der Waals surface area contributed by atoms with Gasteiger partial charge in [0.1, 0.15) is 6.17 Å². The minimum atomic E-state index is -4.45. The Morgan fingerprint density at radius 2 is 1.83 bits per heavy atom. The molecule has 0 saturated heterocycles. The second-order valence-electron chi connectivity index (χ2n) is 3.40. The molecule has 0 heterocycles. The quantitative estimate of drug-likeness (QED) is 0.474. The van der Waals surface area contributed by atoms with Crippen LogP contribution in [-0.4, -0.2) is 13.1 Å². The first kappa shape index (κ1) is 14.2. The number of allylic oxidation sites excluding steroid dienone is 1. The highest BCUT2D eigenvalue weighted by Crippen LogP contribution is 2.30. The summed E-state index contributed by atoms with van der Waals surface area (Å²) in [5, 5.41) is 0. The molecule has 1 rings (SSSR count). The van der Waals surface area contributed by atoms with Crippen molar-refractivity contribution >= 4 is 5.97 Å². The molecule has 2 nitrogen and oxygen atoms in total. The molecule has 1 unspecified atom stereocenters. The monoisotopic (exact) mass is 262 g/mol. The number of carbonyl (C=O) groups is 1. The summed E-state index contributed by atoms with van der Waals surface area (Å²) in [6.45, 7) is 0. The Balaban J connectivity index is 2.79. The molecule has 0 radical (unpaired) electrons. The van der Waals surface area contributed by atoms with Gasteiger partial charge >= 0.3 is 12.1 Å². The summed E-state index contributed by atoms with van der Waals surface area (Å²) >= 11 is 0. The van der Waals surface area contributed by atoms with Crippen molar-refractivity contribution in [1.82, 2.24) is 0 Å². The van der Waals surface area contributed by atoms with Crippen molar-refractivity contribution in [3.63, 3.8) is 0 Å². The van der Waals surface area contributed by atoms with Crippen LogP contribution in [0, 0.1) is 0 Å². The second kappa shape index (κ2) is 5.66. The fourth-order valence-electron chi connectivity index (χ4n) is 1.20. The van der Waals surface area contributed by atoms with Crippen molar-refractivity contribution in [2.45, 2.75) is 12.3 Å². The fraction of sp³-hybridized carbons (Fsp3) is 0.250. The molecular formula is C12H10F4O2. The Hall–Kier alpha value is -1.85. The van der Waals surface area contributed by atoms with Gasteiger partial charge in [-0.2, -0.15) is 13.2 Å². The number of halogens is 4. The average molecular weight is 262 g/mol. The number of hydrogen-bond donors (Lipinski definition) is 0. The first-order chi connectivity index (χ1) is 8.34.